The SMILES string of the molecule is C=C(CCCCCC(C)CC)Cc1ccc(C(=C)Cc2ccc3cc(NC(=O)c4ccc(OC(=O)CCCCCC(C)CC)cc4)ccc3c2)cc1. The molecule has 4 aromatic carbocycles. The molecule has 0 spiro atoms. The Hall–Kier alpha value is -4.44. The summed E-state index contributed by atoms with van der Waals surface area (Å²) >= 11 is 0. The van der Waals surface area contributed by atoms with E-state index in [2.05, 4.69) is 88.6 Å². The number of carbonyl (C=O) groups excluding carboxylic acids is 2. The summed E-state index contributed by atoms with van der Waals surface area (Å²) < 4.78 is 5.48. The fourth-order valence-electron chi connectivity index (χ4n) is 6.52. The summed E-state index contributed by atoms with van der Waals surface area (Å²) in [6.07, 6.45) is 15.1. The van der Waals surface area contributed by atoms with Crippen molar-refractivity contribution in [3.05, 3.63) is 126 Å². The van der Waals surface area contributed by atoms with Crippen molar-refractivity contribution >= 4 is 33.9 Å². The van der Waals surface area contributed by atoms with Gasteiger partial charge in [-0.2, -0.15) is 0 Å². The third kappa shape index (κ3) is 13.6. The molecule has 0 saturated heterocycles. The molecule has 52 heavy (non-hydrogen) atoms. The zero-order valence-corrected chi connectivity index (χ0v) is 32.3. The molecule has 2 atom stereocenters. The lowest BCUT2D eigenvalue weighted by molar-refractivity contribution is -0.134. The van der Waals surface area contributed by atoms with Gasteiger partial charge in [-0.05, 0) is 113 Å². The number of allylic oxidation sites excluding steroid dienone is 2. The maximum Gasteiger partial charge on any atom is 0.311 e. The summed E-state index contributed by atoms with van der Waals surface area (Å²) in [5, 5.41) is 5.16. The lowest BCUT2D eigenvalue weighted by Gasteiger charge is -2.11. The molecule has 4 aromatic rings. The van der Waals surface area contributed by atoms with E-state index in [0.29, 0.717) is 17.7 Å². The van der Waals surface area contributed by atoms with E-state index in [1.807, 2.05) is 18.2 Å². The van der Waals surface area contributed by atoms with Gasteiger partial charge in [-0.15, -0.1) is 0 Å². The van der Waals surface area contributed by atoms with E-state index in [1.54, 1.807) is 24.3 Å². The minimum atomic E-state index is -0.232. The van der Waals surface area contributed by atoms with Gasteiger partial charge in [-0.3, -0.25) is 9.59 Å². The zero-order chi connectivity index (χ0) is 37.3. The average molecular weight is 700 g/mol. The summed E-state index contributed by atoms with van der Waals surface area (Å²) in [4.78, 5) is 25.3. The van der Waals surface area contributed by atoms with Crippen LogP contribution in [0.3, 0.4) is 0 Å². The number of rotatable bonds is 22. The standard InChI is InChI=1S/C48H61NO3/c1-7-35(3)15-11-9-13-17-37(5)31-39-19-22-41(23-20-39)38(6)32-40-21-24-44-34-45(28-25-43(44)33-40)49-48(51)42-26-29-46(30-27-42)52-47(50)18-14-10-12-16-36(4)8-2/h19-30,33-36H,5-18,31-32H2,1-4H3,(H,49,51). The predicted octanol–water partition coefficient (Wildman–Crippen LogP) is 13.3. The van der Waals surface area contributed by atoms with Gasteiger partial charge in [0.05, 0.1) is 0 Å². The molecule has 4 heteroatoms. The van der Waals surface area contributed by atoms with Gasteiger partial charge < -0.3 is 10.1 Å². The number of hydrogen-bond acceptors (Lipinski definition) is 3. The topological polar surface area (TPSA) is 55.4 Å². The predicted molar refractivity (Wildman–Crippen MR) is 221 cm³/mol. The molecule has 0 aliphatic heterocycles. The molecule has 0 bridgehead atoms. The van der Waals surface area contributed by atoms with Crippen LogP contribution in [0.2, 0.25) is 0 Å². The molecule has 0 saturated carbocycles. The van der Waals surface area contributed by atoms with Crippen molar-refractivity contribution < 1.29 is 14.3 Å². The van der Waals surface area contributed by atoms with E-state index < -0.39 is 0 Å². The first-order chi connectivity index (χ1) is 25.1. The summed E-state index contributed by atoms with van der Waals surface area (Å²) in [5.74, 6) is 1.59. The van der Waals surface area contributed by atoms with Crippen LogP contribution in [-0.4, -0.2) is 11.9 Å². The number of esters is 1. The van der Waals surface area contributed by atoms with Crippen molar-refractivity contribution in [1.29, 1.82) is 0 Å². The third-order valence-corrected chi connectivity index (χ3v) is 10.4. The first kappa shape index (κ1) is 40.3. The lowest BCUT2D eigenvalue weighted by Crippen LogP contribution is -2.12. The van der Waals surface area contributed by atoms with Gasteiger partial charge in [0.1, 0.15) is 5.75 Å². The van der Waals surface area contributed by atoms with Crippen molar-refractivity contribution in [3.63, 3.8) is 0 Å². The van der Waals surface area contributed by atoms with Gasteiger partial charge in [0.2, 0.25) is 0 Å². The highest BCUT2D eigenvalue weighted by Crippen LogP contribution is 2.26. The second-order valence-electron chi connectivity index (χ2n) is 15.0. The van der Waals surface area contributed by atoms with Gasteiger partial charge in [0, 0.05) is 17.7 Å². The Labute approximate surface area is 313 Å². The Balaban J connectivity index is 1.22. The Morgan fingerprint density at radius 3 is 1.87 bits per heavy atom. The van der Waals surface area contributed by atoms with Gasteiger partial charge in [-0.1, -0.05) is 146 Å². The quantitative estimate of drug-likeness (QED) is 0.0384. The molecule has 0 heterocycles. The van der Waals surface area contributed by atoms with E-state index >= 15 is 0 Å². The average Bonchev–Trinajstić information content (AvgIpc) is 3.14. The largest absolute Gasteiger partial charge is 0.427 e. The molecule has 0 aromatic heterocycles. The third-order valence-electron chi connectivity index (χ3n) is 10.4. The molecule has 276 valence electrons. The van der Waals surface area contributed by atoms with Crippen LogP contribution in [0.4, 0.5) is 5.69 Å². The summed E-state index contributed by atoms with van der Waals surface area (Å²) in [5.41, 5.74) is 7.29. The summed E-state index contributed by atoms with van der Waals surface area (Å²) in [6, 6.07) is 27.9. The number of amides is 1. The zero-order valence-electron chi connectivity index (χ0n) is 32.3. The summed E-state index contributed by atoms with van der Waals surface area (Å²) in [7, 11) is 0. The Morgan fingerprint density at radius 1 is 0.635 bits per heavy atom. The van der Waals surface area contributed by atoms with Crippen LogP contribution in [0.25, 0.3) is 16.3 Å². The first-order valence-electron chi connectivity index (χ1n) is 19.7. The van der Waals surface area contributed by atoms with Crippen LogP contribution in [-0.2, 0) is 17.6 Å². The smallest absolute Gasteiger partial charge is 0.311 e. The summed E-state index contributed by atoms with van der Waals surface area (Å²) in [6.45, 7) is 17.9. The molecule has 2 unspecified atom stereocenters. The highest BCUT2D eigenvalue weighted by molar-refractivity contribution is 6.05. The Kier molecular flexibility index (Phi) is 16.4. The Bertz CT molecular complexity index is 1620. The van der Waals surface area contributed by atoms with Crippen molar-refractivity contribution in [2.24, 2.45) is 11.8 Å². The normalized spacial score (nSPS) is 12.3. The molecule has 0 aliphatic carbocycles. The monoisotopic (exact) mass is 699 g/mol. The second kappa shape index (κ2) is 21.2. The molecular formula is C48H61NO3. The lowest BCUT2D eigenvalue weighted by atomic mass is 9.95. The fourth-order valence-corrected chi connectivity index (χ4v) is 6.52. The van der Waals surface area contributed by atoms with E-state index in [0.717, 1.165) is 78.0 Å². The highest BCUT2D eigenvalue weighted by Gasteiger charge is 2.11. The number of benzene rings is 4. The van der Waals surface area contributed by atoms with Crippen molar-refractivity contribution in [2.75, 3.05) is 5.32 Å². The van der Waals surface area contributed by atoms with E-state index in [9.17, 15) is 9.59 Å². The maximum atomic E-state index is 13.0. The molecule has 4 nitrogen and oxygen atoms in total. The van der Waals surface area contributed by atoms with Crippen LogP contribution < -0.4 is 10.1 Å². The molecule has 4 rings (SSSR count). The fraction of sp³-hybridized carbons (Fsp3) is 0.417. The molecule has 1 amide bonds. The van der Waals surface area contributed by atoms with Gasteiger partial charge in [0.15, 0.2) is 0 Å². The van der Waals surface area contributed by atoms with Crippen LogP contribution in [0.15, 0.2) is 104 Å². The number of fused-ring (bicyclic) bond motifs is 1. The number of unbranched alkanes of at least 4 members (excludes halogenated alkanes) is 4. The number of nitrogens with one attached hydrogen (secondary N) is 1. The van der Waals surface area contributed by atoms with Crippen LogP contribution >= 0.6 is 0 Å². The second-order valence-corrected chi connectivity index (χ2v) is 15.0. The Morgan fingerprint density at radius 2 is 1.21 bits per heavy atom. The van der Waals surface area contributed by atoms with Crippen LogP contribution in [0.1, 0.15) is 132 Å². The number of anilines is 1. The van der Waals surface area contributed by atoms with Crippen LogP contribution in [0, 0.1) is 11.8 Å². The maximum absolute atomic E-state index is 13.0. The van der Waals surface area contributed by atoms with Crippen LogP contribution in [0.5, 0.6) is 5.75 Å². The van der Waals surface area contributed by atoms with Crippen molar-refractivity contribution in [1.82, 2.24) is 0 Å². The number of ether oxygens (including phenoxy) is 1. The van der Waals surface area contributed by atoms with E-state index in [1.165, 1.54) is 61.6 Å². The molecular weight excluding hydrogens is 639 g/mol. The molecule has 0 fully saturated rings. The number of carbonyl (C=O) groups is 2. The number of hydrogen-bond donors (Lipinski definition) is 1. The van der Waals surface area contributed by atoms with E-state index in [-0.39, 0.29) is 11.9 Å². The minimum Gasteiger partial charge on any atom is -0.427 e. The first-order valence-corrected chi connectivity index (χ1v) is 19.7. The van der Waals surface area contributed by atoms with Gasteiger partial charge >= 0.3 is 5.97 Å². The van der Waals surface area contributed by atoms with E-state index in [4.69, 9.17) is 4.74 Å². The van der Waals surface area contributed by atoms with Crippen molar-refractivity contribution in [3.8, 4) is 5.75 Å². The van der Waals surface area contributed by atoms with Gasteiger partial charge in [-0.25, -0.2) is 0 Å². The molecule has 0 aliphatic rings. The van der Waals surface area contributed by atoms with Crippen molar-refractivity contribution in [2.45, 2.75) is 118 Å². The van der Waals surface area contributed by atoms with Gasteiger partial charge in [0.25, 0.3) is 5.91 Å². The molecule has 0 radical (unpaired) electrons. The highest BCUT2D eigenvalue weighted by atomic mass is 16.5. The minimum absolute atomic E-state index is 0.214. The molecule has 1 N–H and O–H groups in total.